The summed E-state index contributed by atoms with van der Waals surface area (Å²) < 4.78 is 5.78. The molecule has 2 aromatic rings. The van der Waals surface area contributed by atoms with Crippen molar-refractivity contribution in [3.8, 4) is 16.2 Å². The van der Waals surface area contributed by atoms with E-state index >= 15 is 0 Å². The first kappa shape index (κ1) is 21.7. The highest BCUT2D eigenvalue weighted by Gasteiger charge is 2.27. The highest BCUT2D eigenvalue weighted by molar-refractivity contribution is 7.17. The van der Waals surface area contributed by atoms with Gasteiger partial charge in [-0.2, -0.15) is 0 Å². The van der Waals surface area contributed by atoms with Gasteiger partial charge in [0.1, 0.15) is 10.6 Å². The molecule has 0 atom stereocenters. The minimum Gasteiger partial charge on any atom is -0.492 e. The second-order valence-electron chi connectivity index (χ2n) is 6.73. The third-order valence-corrected chi connectivity index (χ3v) is 6.11. The number of piperidine rings is 1. The third kappa shape index (κ3) is 5.47. The van der Waals surface area contributed by atoms with Crippen molar-refractivity contribution in [2.45, 2.75) is 26.2 Å². The molecule has 27 heavy (non-hydrogen) atoms. The molecule has 0 unspecified atom stereocenters. The zero-order valence-corrected chi connectivity index (χ0v) is 17.7. The van der Waals surface area contributed by atoms with Crippen molar-refractivity contribution in [2.24, 2.45) is 5.92 Å². The van der Waals surface area contributed by atoms with Crippen LogP contribution in [0.5, 0.6) is 5.75 Å². The summed E-state index contributed by atoms with van der Waals surface area (Å²) in [5, 5.41) is 3.22. The number of amides is 1. The average molecular weight is 409 g/mol. The van der Waals surface area contributed by atoms with Crippen molar-refractivity contribution < 1.29 is 9.53 Å². The molecule has 1 aliphatic heterocycles. The van der Waals surface area contributed by atoms with E-state index in [1.54, 1.807) is 11.3 Å². The molecule has 0 bridgehead atoms. The number of nitrogens with zero attached hydrogens (tertiary/aromatic N) is 1. The fourth-order valence-corrected chi connectivity index (χ4v) is 4.52. The van der Waals surface area contributed by atoms with Gasteiger partial charge in [-0.15, -0.1) is 23.7 Å². The van der Waals surface area contributed by atoms with Gasteiger partial charge in [-0.25, -0.2) is 0 Å². The number of hydrogen-bond donors (Lipinski definition) is 1. The van der Waals surface area contributed by atoms with E-state index in [2.05, 4.69) is 17.4 Å². The molecule has 0 radical (unpaired) electrons. The largest absolute Gasteiger partial charge is 0.492 e. The van der Waals surface area contributed by atoms with Crippen LogP contribution in [0.25, 0.3) is 10.4 Å². The number of thiophene rings is 1. The molecular formula is C21H29ClN2O2S. The first-order valence-electron chi connectivity index (χ1n) is 9.48. The lowest BCUT2D eigenvalue weighted by atomic mass is 9.93. The smallest absolute Gasteiger partial charge is 0.267 e. The Labute approximate surface area is 172 Å². The van der Waals surface area contributed by atoms with Crippen molar-refractivity contribution in [1.82, 2.24) is 10.2 Å². The van der Waals surface area contributed by atoms with Gasteiger partial charge >= 0.3 is 0 Å². The maximum absolute atomic E-state index is 13.1. The van der Waals surface area contributed by atoms with E-state index in [1.807, 2.05) is 43.1 Å². The second kappa shape index (κ2) is 10.7. The quantitative estimate of drug-likeness (QED) is 0.722. The topological polar surface area (TPSA) is 41.6 Å². The molecule has 2 heterocycles. The minimum atomic E-state index is 0. The van der Waals surface area contributed by atoms with Crippen LogP contribution in [0.1, 0.15) is 35.9 Å². The predicted molar refractivity (Wildman–Crippen MR) is 115 cm³/mol. The molecule has 0 saturated carbocycles. The van der Waals surface area contributed by atoms with Gasteiger partial charge in [0.25, 0.3) is 5.91 Å². The lowest BCUT2D eigenvalue weighted by molar-refractivity contribution is 0.0688. The third-order valence-electron chi connectivity index (χ3n) is 4.95. The molecule has 1 aliphatic rings. The van der Waals surface area contributed by atoms with Crippen LogP contribution >= 0.6 is 23.7 Å². The first-order valence-corrected chi connectivity index (χ1v) is 10.3. The second-order valence-corrected chi connectivity index (χ2v) is 7.78. The molecule has 1 aromatic heterocycles. The highest BCUT2D eigenvalue weighted by Crippen LogP contribution is 2.37. The van der Waals surface area contributed by atoms with Crippen molar-refractivity contribution in [1.29, 1.82) is 0 Å². The lowest BCUT2D eigenvalue weighted by Gasteiger charge is -2.32. The standard InChI is InChI=1S/C21H28N2O2S.ClH/c1-3-25-18-15-19(17-7-5-4-6-8-17)26-20(18)21(24)23-13-10-16(11-14-23)9-12-22-2;/h4-8,15-16,22H,3,9-14H2,1-2H3;1H. The zero-order valence-electron chi connectivity index (χ0n) is 16.1. The summed E-state index contributed by atoms with van der Waals surface area (Å²) in [4.78, 5) is 16.9. The molecule has 3 rings (SSSR count). The van der Waals surface area contributed by atoms with Crippen LogP contribution in [0.15, 0.2) is 36.4 Å². The zero-order chi connectivity index (χ0) is 18.4. The van der Waals surface area contributed by atoms with Gasteiger partial charge in [0, 0.05) is 18.0 Å². The van der Waals surface area contributed by atoms with Crippen molar-refractivity contribution in [3.63, 3.8) is 0 Å². The molecule has 0 aliphatic carbocycles. The minimum absolute atomic E-state index is 0. The van der Waals surface area contributed by atoms with Gasteiger partial charge in [-0.1, -0.05) is 30.3 Å². The molecule has 4 nitrogen and oxygen atoms in total. The van der Waals surface area contributed by atoms with Crippen LogP contribution in [0.2, 0.25) is 0 Å². The molecule has 1 amide bonds. The van der Waals surface area contributed by atoms with Gasteiger partial charge in [0.2, 0.25) is 0 Å². The summed E-state index contributed by atoms with van der Waals surface area (Å²) in [7, 11) is 2.00. The van der Waals surface area contributed by atoms with E-state index in [0.29, 0.717) is 6.61 Å². The number of ether oxygens (including phenoxy) is 1. The molecule has 1 fully saturated rings. The molecule has 1 N–H and O–H groups in total. The maximum atomic E-state index is 13.1. The van der Waals surface area contributed by atoms with E-state index in [4.69, 9.17) is 4.74 Å². The summed E-state index contributed by atoms with van der Waals surface area (Å²) in [6.07, 6.45) is 3.38. The Kier molecular flexibility index (Phi) is 8.61. The Morgan fingerprint density at radius 3 is 2.59 bits per heavy atom. The van der Waals surface area contributed by atoms with Crippen LogP contribution in [0.3, 0.4) is 0 Å². The number of carbonyl (C=O) groups excluding carboxylic acids is 1. The summed E-state index contributed by atoms with van der Waals surface area (Å²) in [5.74, 6) is 1.56. The Hall–Kier alpha value is -1.56. The number of rotatable bonds is 7. The van der Waals surface area contributed by atoms with Crippen LogP contribution < -0.4 is 10.1 Å². The van der Waals surface area contributed by atoms with E-state index in [-0.39, 0.29) is 18.3 Å². The molecule has 1 saturated heterocycles. The van der Waals surface area contributed by atoms with Crippen molar-refractivity contribution in [3.05, 3.63) is 41.3 Å². The Bertz CT molecular complexity index is 712. The highest BCUT2D eigenvalue weighted by atomic mass is 35.5. The van der Waals surface area contributed by atoms with Crippen LogP contribution in [-0.4, -0.2) is 44.1 Å². The van der Waals surface area contributed by atoms with Gasteiger partial charge in [-0.05, 0) is 57.3 Å². The number of carbonyl (C=O) groups is 1. The molecular weight excluding hydrogens is 380 g/mol. The SMILES string of the molecule is CCOc1cc(-c2ccccc2)sc1C(=O)N1CCC(CCNC)CC1.Cl. The van der Waals surface area contributed by atoms with Gasteiger partial charge in [0.05, 0.1) is 6.61 Å². The van der Waals surface area contributed by atoms with E-state index in [9.17, 15) is 4.79 Å². The van der Waals surface area contributed by atoms with Crippen molar-refractivity contribution in [2.75, 3.05) is 33.3 Å². The number of hydrogen-bond acceptors (Lipinski definition) is 4. The van der Waals surface area contributed by atoms with E-state index in [0.717, 1.165) is 59.5 Å². The fraction of sp³-hybridized carbons (Fsp3) is 0.476. The van der Waals surface area contributed by atoms with E-state index < -0.39 is 0 Å². The number of halogens is 1. The monoisotopic (exact) mass is 408 g/mol. The summed E-state index contributed by atoms with van der Waals surface area (Å²) in [5.41, 5.74) is 1.13. The van der Waals surface area contributed by atoms with Crippen molar-refractivity contribution >= 4 is 29.7 Å². The predicted octanol–water partition coefficient (Wildman–Crippen LogP) is 4.70. The molecule has 1 aromatic carbocycles. The fourth-order valence-electron chi connectivity index (χ4n) is 3.45. The normalized spacial score (nSPS) is 14.7. The van der Waals surface area contributed by atoms with E-state index in [1.165, 1.54) is 6.42 Å². The maximum Gasteiger partial charge on any atom is 0.267 e. The molecule has 0 spiro atoms. The van der Waals surface area contributed by atoms with Crippen LogP contribution in [0, 0.1) is 5.92 Å². The Balaban J connectivity index is 0.00000261. The summed E-state index contributed by atoms with van der Waals surface area (Å²) >= 11 is 1.54. The number of benzene rings is 1. The average Bonchev–Trinajstić information content (AvgIpc) is 3.11. The first-order chi connectivity index (χ1) is 12.7. The van der Waals surface area contributed by atoms with Gasteiger partial charge in [0.15, 0.2) is 0 Å². The van der Waals surface area contributed by atoms with Gasteiger partial charge < -0.3 is 15.0 Å². The lowest BCUT2D eigenvalue weighted by Crippen LogP contribution is -2.38. The number of likely N-dealkylation sites (tertiary alicyclic amines) is 1. The summed E-state index contributed by atoms with van der Waals surface area (Å²) in [6.45, 7) is 5.27. The van der Waals surface area contributed by atoms with Gasteiger partial charge in [-0.3, -0.25) is 4.79 Å². The van der Waals surface area contributed by atoms with Crippen LogP contribution in [-0.2, 0) is 0 Å². The summed E-state index contributed by atoms with van der Waals surface area (Å²) in [6, 6.07) is 12.2. The Morgan fingerprint density at radius 1 is 1.26 bits per heavy atom. The molecule has 6 heteroatoms. The Morgan fingerprint density at radius 2 is 1.96 bits per heavy atom. The van der Waals surface area contributed by atoms with Crippen LogP contribution in [0.4, 0.5) is 0 Å². The molecule has 148 valence electrons. The number of nitrogens with one attached hydrogen (secondary N) is 1.